The molecule has 1 atom stereocenters. The fourth-order valence-corrected chi connectivity index (χ4v) is 1.33. The molecular formula is C11H16ClN3O2. The maximum absolute atomic E-state index is 11.8. The summed E-state index contributed by atoms with van der Waals surface area (Å²) in [4.78, 5) is 20.0. The Labute approximate surface area is 105 Å². The minimum atomic E-state index is -0.402. The van der Waals surface area contributed by atoms with E-state index in [-0.39, 0.29) is 29.3 Å². The lowest BCUT2D eigenvalue weighted by Crippen LogP contribution is -2.35. The van der Waals surface area contributed by atoms with Gasteiger partial charge in [0.15, 0.2) is 0 Å². The molecule has 2 N–H and O–H groups in total. The van der Waals surface area contributed by atoms with E-state index in [1.165, 1.54) is 6.20 Å². The lowest BCUT2D eigenvalue weighted by atomic mass is 10.2. The summed E-state index contributed by atoms with van der Waals surface area (Å²) in [6.07, 6.45) is 1.42. The number of halogens is 1. The van der Waals surface area contributed by atoms with E-state index in [0.717, 1.165) is 0 Å². The molecule has 0 saturated heterocycles. The number of aliphatic hydroxyl groups is 1. The molecule has 0 fully saturated rings. The Hall–Kier alpha value is -1.20. The van der Waals surface area contributed by atoms with E-state index in [1.807, 2.05) is 13.8 Å². The van der Waals surface area contributed by atoms with Crippen LogP contribution in [-0.2, 0) is 0 Å². The first-order valence-electron chi connectivity index (χ1n) is 5.39. The molecule has 1 heterocycles. The van der Waals surface area contributed by atoms with Crippen molar-refractivity contribution in [3.8, 4) is 0 Å². The minimum Gasteiger partial charge on any atom is -0.394 e. The van der Waals surface area contributed by atoms with E-state index in [1.54, 1.807) is 6.92 Å². The summed E-state index contributed by atoms with van der Waals surface area (Å²) >= 11 is 5.87. The summed E-state index contributed by atoms with van der Waals surface area (Å²) in [5.41, 5.74) is 0.144. The van der Waals surface area contributed by atoms with Gasteiger partial charge in [-0.1, -0.05) is 25.4 Å². The molecule has 6 heteroatoms. The number of carbonyl (C=O) groups is 1. The first-order valence-corrected chi connectivity index (χ1v) is 5.77. The van der Waals surface area contributed by atoms with Gasteiger partial charge in [-0.05, 0) is 6.92 Å². The smallest absolute Gasteiger partial charge is 0.271 e. The van der Waals surface area contributed by atoms with Crippen LogP contribution in [0.4, 0.5) is 0 Å². The second-order valence-electron chi connectivity index (χ2n) is 4.14. The number of hydrogen-bond acceptors (Lipinski definition) is 4. The van der Waals surface area contributed by atoms with Crippen molar-refractivity contribution in [1.29, 1.82) is 0 Å². The van der Waals surface area contributed by atoms with Gasteiger partial charge in [0.25, 0.3) is 5.91 Å². The molecule has 0 aliphatic carbocycles. The highest BCUT2D eigenvalue weighted by molar-refractivity contribution is 6.33. The number of nitrogens with one attached hydrogen (secondary N) is 1. The molecule has 0 saturated carbocycles. The van der Waals surface area contributed by atoms with E-state index < -0.39 is 5.91 Å². The van der Waals surface area contributed by atoms with Gasteiger partial charge < -0.3 is 10.4 Å². The van der Waals surface area contributed by atoms with Crippen molar-refractivity contribution in [2.75, 3.05) is 6.61 Å². The molecule has 0 aromatic carbocycles. The topological polar surface area (TPSA) is 75.1 Å². The third-order valence-corrected chi connectivity index (χ3v) is 2.42. The van der Waals surface area contributed by atoms with Gasteiger partial charge in [-0.3, -0.25) is 4.79 Å². The maximum Gasteiger partial charge on any atom is 0.271 e. The predicted octanol–water partition coefficient (Wildman–Crippen LogP) is 1.36. The van der Waals surface area contributed by atoms with E-state index in [2.05, 4.69) is 15.3 Å². The highest BCUT2D eigenvalue weighted by Crippen LogP contribution is 2.16. The zero-order chi connectivity index (χ0) is 13.0. The lowest BCUT2D eigenvalue weighted by Gasteiger charge is -2.12. The van der Waals surface area contributed by atoms with E-state index >= 15 is 0 Å². The normalized spacial score (nSPS) is 12.6. The molecule has 0 radical (unpaired) electrons. The predicted molar refractivity (Wildman–Crippen MR) is 65.1 cm³/mol. The van der Waals surface area contributed by atoms with Crippen molar-refractivity contribution in [3.63, 3.8) is 0 Å². The SMILES string of the molecule is CC(CO)NC(=O)c1nc(C(C)C)ncc1Cl. The van der Waals surface area contributed by atoms with Crippen LogP contribution in [-0.4, -0.2) is 33.6 Å². The molecule has 1 unspecified atom stereocenters. The molecule has 94 valence electrons. The average Bonchev–Trinajstić information content (AvgIpc) is 2.28. The van der Waals surface area contributed by atoms with Crippen LogP contribution in [0.3, 0.4) is 0 Å². The summed E-state index contributed by atoms with van der Waals surface area (Å²) in [5.74, 6) is 0.283. The highest BCUT2D eigenvalue weighted by atomic mass is 35.5. The molecule has 1 aromatic rings. The highest BCUT2D eigenvalue weighted by Gasteiger charge is 2.16. The third-order valence-electron chi connectivity index (χ3n) is 2.15. The molecular weight excluding hydrogens is 242 g/mol. The summed E-state index contributed by atoms with van der Waals surface area (Å²) in [7, 11) is 0. The van der Waals surface area contributed by atoms with Crippen LogP contribution in [0, 0.1) is 0 Å². The van der Waals surface area contributed by atoms with Crippen LogP contribution in [0.2, 0.25) is 5.02 Å². The van der Waals surface area contributed by atoms with Crippen molar-refractivity contribution < 1.29 is 9.90 Å². The van der Waals surface area contributed by atoms with Crippen molar-refractivity contribution >= 4 is 17.5 Å². The van der Waals surface area contributed by atoms with Crippen LogP contribution in [0.25, 0.3) is 0 Å². The summed E-state index contributed by atoms with van der Waals surface area (Å²) in [6, 6.07) is -0.337. The van der Waals surface area contributed by atoms with E-state index in [0.29, 0.717) is 5.82 Å². The van der Waals surface area contributed by atoms with Crippen LogP contribution >= 0.6 is 11.6 Å². The molecule has 5 nitrogen and oxygen atoms in total. The number of carbonyl (C=O) groups excluding carboxylic acids is 1. The number of amides is 1. The quantitative estimate of drug-likeness (QED) is 0.854. The van der Waals surface area contributed by atoms with Crippen molar-refractivity contribution in [1.82, 2.24) is 15.3 Å². The van der Waals surface area contributed by atoms with Crippen molar-refractivity contribution in [2.24, 2.45) is 0 Å². The molecule has 1 rings (SSSR count). The van der Waals surface area contributed by atoms with Gasteiger partial charge >= 0.3 is 0 Å². The summed E-state index contributed by atoms with van der Waals surface area (Å²) in [5, 5.41) is 11.7. The molecule has 0 aliphatic rings. The number of nitrogens with zero attached hydrogens (tertiary/aromatic N) is 2. The molecule has 0 spiro atoms. The monoisotopic (exact) mass is 257 g/mol. The van der Waals surface area contributed by atoms with Gasteiger partial charge in [0.2, 0.25) is 0 Å². The Morgan fingerprint density at radius 3 is 2.71 bits per heavy atom. The molecule has 17 heavy (non-hydrogen) atoms. The van der Waals surface area contributed by atoms with Crippen LogP contribution in [0.5, 0.6) is 0 Å². The first-order chi connectivity index (χ1) is 7.95. The largest absolute Gasteiger partial charge is 0.394 e. The van der Waals surface area contributed by atoms with Gasteiger partial charge in [0.1, 0.15) is 11.5 Å². The number of aliphatic hydroxyl groups excluding tert-OH is 1. The van der Waals surface area contributed by atoms with Crippen LogP contribution < -0.4 is 5.32 Å². The Morgan fingerprint density at radius 1 is 1.53 bits per heavy atom. The van der Waals surface area contributed by atoms with E-state index in [4.69, 9.17) is 16.7 Å². The van der Waals surface area contributed by atoms with Crippen LogP contribution in [0.15, 0.2) is 6.20 Å². The minimum absolute atomic E-state index is 0.120. The number of hydrogen-bond donors (Lipinski definition) is 2. The molecule has 0 aliphatic heterocycles. The molecule has 1 amide bonds. The molecule has 0 bridgehead atoms. The van der Waals surface area contributed by atoms with E-state index in [9.17, 15) is 4.79 Å². The second kappa shape index (κ2) is 5.93. The summed E-state index contributed by atoms with van der Waals surface area (Å²) in [6.45, 7) is 5.42. The van der Waals surface area contributed by atoms with Gasteiger partial charge in [-0.25, -0.2) is 9.97 Å². The Kier molecular flexibility index (Phi) is 4.84. The van der Waals surface area contributed by atoms with Gasteiger partial charge in [-0.15, -0.1) is 0 Å². The first kappa shape index (κ1) is 13.9. The van der Waals surface area contributed by atoms with Crippen molar-refractivity contribution in [3.05, 3.63) is 22.7 Å². The molecule has 1 aromatic heterocycles. The van der Waals surface area contributed by atoms with Crippen LogP contribution in [0.1, 0.15) is 43.0 Å². The fraction of sp³-hybridized carbons (Fsp3) is 0.545. The Balaban J connectivity index is 2.96. The fourth-order valence-electron chi connectivity index (χ4n) is 1.16. The third kappa shape index (κ3) is 3.64. The van der Waals surface area contributed by atoms with Gasteiger partial charge in [-0.2, -0.15) is 0 Å². The van der Waals surface area contributed by atoms with Crippen molar-refractivity contribution in [2.45, 2.75) is 32.7 Å². The van der Waals surface area contributed by atoms with Gasteiger partial charge in [0, 0.05) is 12.0 Å². The average molecular weight is 258 g/mol. The standard InChI is InChI=1S/C11H16ClN3O2/c1-6(2)10-13-4-8(12)9(15-10)11(17)14-7(3)5-16/h4,6-7,16H,5H2,1-3H3,(H,14,17). The zero-order valence-corrected chi connectivity index (χ0v) is 10.8. The second-order valence-corrected chi connectivity index (χ2v) is 4.54. The lowest BCUT2D eigenvalue weighted by molar-refractivity contribution is 0.0917. The maximum atomic E-state index is 11.8. The number of aromatic nitrogens is 2. The van der Waals surface area contributed by atoms with Gasteiger partial charge in [0.05, 0.1) is 17.8 Å². The Morgan fingerprint density at radius 2 is 2.18 bits per heavy atom. The zero-order valence-electron chi connectivity index (χ0n) is 10.1. The Bertz CT molecular complexity index is 410. The number of rotatable bonds is 4. The summed E-state index contributed by atoms with van der Waals surface area (Å²) < 4.78 is 0.